The second kappa shape index (κ2) is 5.08. The van der Waals surface area contributed by atoms with Gasteiger partial charge in [0.05, 0.1) is 0 Å². The Bertz CT molecular complexity index is 312. The fourth-order valence-electron chi connectivity index (χ4n) is 5.34. The molecule has 2 saturated carbocycles. The van der Waals surface area contributed by atoms with E-state index in [0.717, 1.165) is 29.6 Å². The minimum absolute atomic E-state index is 0.545. The van der Waals surface area contributed by atoms with E-state index >= 15 is 0 Å². The summed E-state index contributed by atoms with van der Waals surface area (Å²) >= 11 is 0. The van der Waals surface area contributed by atoms with Gasteiger partial charge in [-0.15, -0.1) is 0 Å². The number of rotatable bonds is 5. The molecule has 5 atom stereocenters. The second-order valence-corrected chi connectivity index (χ2v) is 8.80. The zero-order chi connectivity index (χ0) is 14.4. The first-order valence-electron chi connectivity index (χ1n) is 8.75. The van der Waals surface area contributed by atoms with Crippen molar-refractivity contribution in [2.75, 3.05) is 0 Å². The Morgan fingerprint density at radius 1 is 0.947 bits per heavy atom. The highest BCUT2D eigenvalue weighted by Crippen LogP contribution is 2.69. The summed E-state index contributed by atoms with van der Waals surface area (Å²) in [6.45, 7) is 17.4. The molecule has 0 radical (unpaired) electrons. The van der Waals surface area contributed by atoms with Crippen LogP contribution in [0.2, 0.25) is 0 Å². The lowest BCUT2D eigenvalue weighted by Gasteiger charge is -2.50. The van der Waals surface area contributed by atoms with Crippen LogP contribution < -0.4 is 0 Å². The molecule has 2 rings (SSSR count). The average molecular weight is 264 g/mol. The van der Waals surface area contributed by atoms with Gasteiger partial charge in [-0.05, 0) is 59.7 Å². The molecule has 0 spiro atoms. The summed E-state index contributed by atoms with van der Waals surface area (Å²) in [6, 6.07) is 0. The number of hydrogen-bond acceptors (Lipinski definition) is 0. The molecule has 112 valence electrons. The van der Waals surface area contributed by atoms with Crippen LogP contribution in [0.5, 0.6) is 0 Å². The van der Waals surface area contributed by atoms with Crippen LogP contribution in [0.3, 0.4) is 0 Å². The van der Waals surface area contributed by atoms with Gasteiger partial charge in [-0.2, -0.15) is 0 Å². The lowest BCUT2D eigenvalue weighted by molar-refractivity contribution is -0.0156. The van der Waals surface area contributed by atoms with Crippen molar-refractivity contribution < 1.29 is 0 Å². The van der Waals surface area contributed by atoms with Crippen molar-refractivity contribution in [2.24, 2.45) is 40.4 Å². The lowest BCUT2D eigenvalue weighted by atomic mass is 9.55. The van der Waals surface area contributed by atoms with Crippen molar-refractivity contribution in [1.29, 1.82) is 0 Å². The summed E-state index contributed by atoms with van der Waals surface area (Å²) in [5, 5.41) is 0. The van der Waals surface area contributed by atoms with Crippen molar-refractivity contribution >= 4 is 0 Å². The third-order valence-corrected chi connectivity index (χ3v) is 7.75. The van der Waals surface area contributed by atoms with Crippen molar-refractivity contribution in [1.82, 2.24) is 0 Å². The number of fused-ring (bicyclic) bond motifs is 2. The molecule has 2 aliphatic rings. The SMILES string of the molecule is CCC(C)CC(CC)C1CC2CC1C(C)(C)C2(C)C. The van der Waals surface area contributed by atoms with Gasteiger partial charge in [-0.3, -0.25) is 0 Å². The summed E-state index contributed by atoms with van der Waals surface area (Å²) < 4.78 is 0. The fourth-order valence-corrected chi connectivity index (χ4v) is 5.34. The molecular weight excluding hydrogens is 228 g/mol. The normalized spacial score (nSPS) is 38.4. The van der Waals surface area contributed by atoms with Gasteiger partial charge in [0.25, 0.3) is 0 Å². The van der Waals surface area contributed by atoms with Crippen molar-refractivity contribution in [3.8, 4) is 0 Å². The maximum absolute atomic E-state index is 2.56. The van der Waals surface area contributed by atoms with E-state index in [1.165, 1.54) is 32.1 Å². The predicted octanol–water partition coefficient (Wildman–Crippen LogP) is 6.16. The Morgan fingerprint density at radius 2 is 1.58 bits per heavy atom. The van der Waals surface area contributed by atoms with Crippen LogP contribution in [-0.2, 0) is 0 Å². The van der Waals surface area contributed by atoms with Crippen LogP contribution in [0.25, 0.3) is 0 Å². The van der Waals surface area contributed by atoms with Crippen molar-refractivity contribution in [2.45, 2.75) is 80.6 Å². The first-order valence-corrected chi connectivity index (χ1v) is 8.75. The molecule has 5 unspecified atom stereocenters. The van der Waals surface area contributed by atoms with Crippen LogP contribution >= 0.6 is 0 Å². The molecule has 0 aromatic carbocycles. The topological polar surface area (TPSA) is 0 Å². The molecule has 2 fully saturated rings. The van der Waals surface area contributed by atoms with Gasteiger partial charge in [0.2, 0.25) is 0 Å². The van der Waals surface area contributed by atoms with Crippen LogP contribution in [-0.4, -0.2) is 0 Å². The number of hydrogen-bond donors (Lipinski definition) is 0. The minimum Gasteiger partial charge on any atom is -0.0651 e. The Hall–Kier alpha value is 0. The first kappa shape index (κ1) is 15.4. The van der Waals surface area contributed by atoms with E-state index in [4.69, 9.17) is 0 Å². The van der Waals surface area contributed by atoms with Gasteiger partial charge in [-0.1, -0.05) is 61.3 Å². The summed E-state index contributed by atoms with van der Waals surface area (Å²) in [5.74, 6) is 4.90. The predicted molar refractivity (Wildman–Crippen MR) is 85.1 cm³/mol. The summed E-state index contributed by atoms with van der Waals surface area (Å²) in [7, 11) is 0. The van der Waals surface area contributed by atoms with Crippen LogP contribution in [0, 0.1) is 40.4 Å². The Kier molecular flexibility index (Phi) is 4.11. The van der Waals surface area contributed by atoms with Crippen LogP contribution in [0.4, 0.5) is 0 Å². The molecule has 0 aliphatic heterocycles. The molecular formula is C19H36. The van der Waals surface area contributed by atoms with Gasteiger partial charge < -0.3 is 0 Å². The maximum Gasteiger partial charge on any atom is -0.0269 e. The van der Waals surface area contributed by atoms with E-state index in [2.05, 4.69) is 48.5 Å². The Labute approximate surface area is 121 Å². The molecule has 0 heterocycles. The standard InChI is InChI=1S/C19H36/c1-8-13(3)10-14(9-2)16-11-15-12-17(16)19(6,7)18(15,4)5/h13-17H,8-12H2,1-7H3. The van der Waals surface area contributed by atoms with Crippen LogP contribution in [0.15, 0.2) is 0 Å². The molecule has 0 amide bonds. The summed E-state index contributed by atoms with van der Waals surface area (Å²) in [5.41, 5.74) is 1.10. The van der Waals surface area contributed by atoms with E-state index in [0.29, 0.717) is 10.8 Å². The van der Waals surface area contributed by atoms with Gasteiger partial charge in [-0.25, -0.2) is 0 Å². The third-order valence-electron chi connectivity index (χ3n) is 7.75. The van der Waals surface area contributed by atoms with Crippen molar-refractivity contribution in [3.63, 3.8) is 0 Å². The zero-order valence-electron chi connectivity index (χ0n) is 14.4. The van der Waals surface area contributed by atoms with Gasteiger partial charge in [0.15, 0.2) is 0 Å². The fraction of sp³-hybridized carbons (Fsp3) is 1.00. The second-order valence-electron chi connectivity index (χ2n) is 8.80. The quantitative estimate of drug-likeness (QED) is 0.558. The molecule has 2 bridgehead atoms. The Morgan fingerprint density at radius 3 is 2.00 bits per heavy atom. The van der Waals surface area contributed by atoms with E-state index in [-0.39, 0.29) is 0 Å². The molecule has 0 heteroatoms. The van der Waals surface area contributed by atoms with Gasteiger partial charge in [0, 0.05) is 0 Å². The van der Waals surface area contributed by atoms with E-state index in [1.54, 1.807) is 0 Å². The molecule has 2 aliphatic carbocycles. The monoisotopic (exact) mass is 264 g/mol. The van der Waals surface area contributed by atoms with E-state index in [9.17, 15) is 0 Å². The highest BCUT2D eigenvalue weighted by atomic mass is 14.7. The molecule has 0 aromatic rings. The van der Waals surface area contributed by atoms with Gasteiger partial charge in [0.1, 0.15) is 0 Å². The smallest absolute Gasteiger partial charge is 0.0269 e. The minimum atomic E-state index is 0.545. The summed E-state index contributed by atoms with van der Waals surface area (Å²) in [6.07, 6.45) is 7.26. The third kappa shape index (κ3) is 2.28. The molecule has 0 nitrogen and oxygen atoms in total. The Balaban J connectivity index is 2.12. The molecule has 19 heavy (non-hydrogen) atoms. The molecule has 0 saturated heterocycles. The zero-order valence-corrected chi connectivity index (χ0v) is 14.4. The molecule has 0 aromatic heterocycles. The first-order chi connectivity index (χ1) is 8.75. The highest BCUT2D eigenvalue weighted by Gasteiger charge is 2.61. The summed E-state index contributed by atoms with van der Waals surface area (Å²) in [4.78, 5) is 0. The van der Waals surface area contributed by atoms with Crippen molar-refractivity contribution in [3.05, 3.63) is 0 Å². The average Bonchev–Trinajstić information content (AvgIpc) is 2.86. The van der Waals surface area contributed by atoms with Gasteiger partial charge >= 0.3 is 0 Å². The lowest BCUT2D eigenvalue weighted by Crippen LogP contribution is -2.43. The van der Waals surface area contributed by atoms with E-state index < -0.39 is 0 Å². The molecule has 0 N–H and O–H groups in total. The van der Waals surface area contributed by atoms with E-state index in [1.807, 2.05) is 0 Å². The van der Waals surface area contributed by atoms with Crippen LogP contribution in [0.1, 0.15) is 80.6 Å². The maximum atomic E-state index is 2.56. The largest absolute Gasteiger partial charge is 0.0651 e. The highest BCUT2D eigenvalue weighted by molar-refractivity contribution is 5.10.